The first-order valence-electron chi connectivity index (χ1n) is 5.63. The van der Waals surface area contributed by atoms with Gasteiger partial charge in [0.1, 0.15) is 0 Å². The molecule has 0 fully saturated rings. The van der Waals surface area contributed by atoms with Gasteiger partial charge in [0.25, 0.3) is 0 Å². The van der Waals surface area contributed by atoms with Gasteiger partial charge in [0, 0.05) is 10.0 Å². The minimum atomic E-state index is 0.0155. The van der Waals surface area contributed by atoms with Crippen LogP contribution in [0.5, 0.6) is 0 Å². The number of hydrogen-bond donors (Lipinski definition) is 0. The molecule has 0 amide bonds. The molecular formula is C15H8BrClOS. The molecule has 0 saturated heterocycles. The Labute approximate surface area is 128 Å². The summed E-state index contributed by atoms with van der Waals surface area (Å²) in [6, 6.07) is 15.2. The molecule has 94 valence electrons. The molecule has 4 heteroatoms. The van der Waals surface area contributed by atoms with Gasteiger partial charge in [0.2, 0.25) is 5.78 Å². The first kappa shape index (κ1) is 12.9. The fourth-order valence-corrected chi connectivity index (χ4v) is 3.32. The van der Waals surface area contributed by atoms with Gasteiger partial charge in [-0.15, -0.1) is 11.3 Å². The lowest BCUT2D eigenvalue weighted by atomic mass is 10.0. The normalized spacial score (nSPS) is 10.8. The van der Waals surface area contributed by atoms with Gasteiger partial charge in [-0.05, 0) is 41.1 Å². The van der Waals surface area contributed by atoms with Crippen molar-refractivity contribution in [3.63, 3.8) is 0 Å². The van der Waals surface area contributed by atoms with E-state index in [0.29, 0.717) is 14.8 Å². The molecule has 0 aliphatic heterocycles. The van der Waals surface area contributed by atoms with Crippen LogP contribution in [0.1, 0.15) is 15.2 Å². The molecule has 0 unspecified atom stereocenters. The van der Waals surface area contributed by atoms with Crippen LogP contribution < -0.4 is 0 Å². The third kappa shape index (κ3) is 2.59. The minimum absolute atomic E-state index is 0.0155. The van der Waals surface area contributed by atoms with Gasteiger partial charge in [-0.2, -0.15) is 0 Å². The van der Waals surface area contributed by atoms with E-state index >= 15 is 0 Å². The van der Waals surface area contributed by atoms with Crippen molar-refractivity contribution >= 4 is 55.4 Å². The van der Waals surface area contributed by atoms with Crippen molar-refractivity contribution in [1.29, 1.82) is 0 Å². The van der Waals surface area contributed by atoms with Crippen LogP contribution in [0.2, 0.25) is 4.34 Å². The van der Waals surface area contributed by atoms with Gasteiger partial charge in [0.15, 0.2) is 0 Å². The van der Waals surface area contributed by atoms with E-state index in [-0.39, 0.29) is 5.78 Å². The second kappa shape index (κ2) is 5.08. The molecule has 0 atom stereocenters. The quantitative estimate of drug-likeness (QED) is 0.553. The molecule has 3 aromatic rings. The zero-order valence-corrected chi connectivity index (χ0v) is 12.8. The maximum Gasteiger partial charge on any atom is 0.203 e. The van der Waals surface area contributed by atoms with E-state index in [1.165, 1.54) is 11.3 Å². The molecule has 0 saturated carbocycles. The van der Waals surface area contributed by atoms with Crippen LogP contribution in [0.15, 0.2) is 53.0 Å². The highest BCUT2D eigenvalue weighted by Crippen LogP contribution is 2.26. The predicted molar refractivity (Wildman–Crippen MR) is 84.4 cm³/mol. The fraction of sp³-hybridized carbons (Fsp3) is 0. The Morgan fingerprint density at radius 1 is 1.00 bits per heavy atom. The number of thiophene rings is 1. The van der Waals surface area contributed by atoms with Crippen molar-refractivity contribution in [3.05, 3.63) is 67.8 Å². The lowest BCUT2D eigenvalue weighted by Crippen LogP contribution is -1.97. The largest absolute Gasteiger partial charge is 0.288 e. The van der Waals surface area contributed by atoms with Crippen LogP contribution in [0.25, 0.3) is 10.8 Å². The van der Waals surface area contributed by atoms with Gasteiger partial charge in [-0.25, -0.2) is 0 Å². The van der Waals surface area contributed by atoms with E-state index in [9.17, 15) is 4.79 Å². The average Bonchev–Trinajstić information content (AvgIpc) is 2.84. The van der Waals surface area contributed by atoms with Crippen LogP contribution >= 0.6 is 38.9 Å². The summed E-state index contributed by atoms with van der Waals surface area (Å²) in [5.74, 6) is 0.0155. The average molecular weight is 352 g/mol. The summed E-state index contributed by atoms with van der Waals surface area (Å²) >= 11 is 10.6. The lowest BCUT2D eigenvalue weighted by molar-refractivity contribution is 0.104. The Morgan fingerprint density at radius 2 is 1.74 bits per heavy atom. The van der Waals surface area contributed by atoms with Crippen LogP contribution in [0.3, 0.4) is 0 Å². The van der Waals surface area contributed by atoms with Crippen LogP contribution in [-0.2, 0) is 0 Å². The van der Waals surface area contributed by atoms with Crippen molar-refractivity contribution in [2.24, 2.45) is 0 Å². The molecule has 2 aromatic carbocycles. The van der Waals surface area contributed by atoms with E-state index in [0.717, 1.165) is 15.2 Å². The van der Waals surface area contributed by atoms with Crippen molar-refractivity contribution in [1.82, 2.24) is 0 Å². The van der Waals surface area contributed by atoms with Crippen molar-refractivity contribution in [3.8, 4) is 0 Å². The van der Waals surface area contributed by atoms with Crippen LogP contribution in [0.4, 0.5) is 0 Å². The SMILES string of the molecule is O=C(c1ccc2cc(Br)ccc2c1)c1ccc(Cl)s1. The number of rotatable bonds is 2. The lowest BCUT2D eigenvalue weighted by Gasteiger charge is -2.02. The second-order valence-corrected chi connectivity index (χ2v) is 6.77. The summed E-state index contributed by atoms with van der Waals surface area (Å²) < 4.78 is 1.66. The summed E-state index contributed by atoms with van der Waals surface area (Å²) in [6.07, 6.45) is 0. The number of hydrogen-bond acceptors (Lipinski definition) is 2. The molecule has 0 spiro atoms. The Balaban J connectivity index is 2.06. The number of carbonyl (C=O) groups excluding carboxylic acids is 1. The molecular weight excluding hydrogens is 344 g/mol. The van der Waals surface area contributed by atoms with Gasteiger partial charge < -0.3 is 0 Å². The Hall–Kier alpha value is -1.16. The molecule has 1 nitrogen and oxygen atoms in total. The smallest absolute Gasteiger partial charge is 0.203 e. The van der Waals surface area contributed by atoms with E-state index in [1.54, 1.807) is 12.1 Å². The van der Waals surface area contributed by atoms with Crippen molar-refractivity contribution in [2.75, 3.05) is 0 Å². The van der Waals surface area contributed by atoms with E-state index < -0.39 is 0 Å². The maximum absolute atomic E-state index is 12.3. The molecule has 0 radical (unpaired) electrons. The monoisotopic (exact) mass is 350 g/mol. The zero-order valence-electron chi connectivity index (χ0n) is 9.69. The Kier molecular flexibility index (Phi) is 3.44. The second-order valence-electron chi connectivity index (χ2n) is 4.14. The minimum Gasteiger partial charge on any atom is -0.288 e. The molecule has 0 N–H and O–H groups in total. The molecule has 3 rings (SSSR count). The summed E-state index contributed by atoms with van der Waals surface area (Å²) in [6.45, 7) is 0. The third-order valence-corrected chi connectivity index (χ3v) is 4.58. The molecule has 19 heavy (non-hydrogen) atoms. The molecule has 0 aliphatic rings. The first-order valence-corrected chi connectivity index (χ1v) is 7.61. The maximum atomic E-state index is 12.3. The molecule has 0 bridgehead atoms. The van der Waals surface area contributed by atoms with Crippen LogP contribution in [0, 0.1) is 0 Å². The third-order valence-electron chi connectivity index (χ3n) is 2.86. The van der Waals surface area contributed by atoms with E-state index in [4.69, 9.17) is 11.6 Å². The highest BCUT2D eigenvalue weighted by atomic mass is 79.9. The van der Waals surface area contributed by atoms with Gasteiger partial charge in [-0.1, -0.05) is 45.7 Å². The summed E-state index contributed by atoms with van der Waals surface area (Å²) in [4.78, 5) is 13.0. The number of fused-ring (bicyclic) bond motifs is 1. The van der Waals surface area contributed by atoms with Crippen molar-refractivity contribution < 1.29 is 4.79 Å². The summed E-state index contributed by atoms with van der Waals surface area (Å²) in [7, 11) is 0. The highest BCUT2D eigenvalue weighted by molar-refractivity contribution is 9.10. The number of halogens is 2. The van der Waals surface area contributed by atoms with E-state index in [2.05, 4.69) is 15.9 Å². The predicted octanol–water partition coefficient (Wildman–Crippen LogP) is 5.55. The fourth-order valence-electron chi connectivity index (χ4n) is 1.94. The van der Waals surface area contributed by atoms with E-state index in [1.807, 2.05) is 36.4 Å². The number of carbonyl (C=O) groups is 1. The van der Waals surface area contributed by atoms with Gasteiger partial charge in [0.05, 0.1) is 9.21 Å². The zero-order chi connectivity index (χ0) is 13.4. The Bertz CT molecular complexity index is 779. The topological polar surface area (TPSA) is 17.1 Å². The molecule has 1 aromatic heterocycles. The Morgan fingerprint density at radius 3 is 2.47 bits per heavy atom. The van der Waals surface area contributed by atoms with Gasteiger partial charge >= 0.3 is 0 Å². The van der Waals surface area contributed by atoms with Crippen LogP contribution in [-0.4, -0.2) is 5.78 Å². The molecule has 1 heterocycles. The summed E-state index contributed by atoms with van der Waals surface area (Å²) in [5, 5.41) is 2.16. The standard InChI is InChI=1S/C15H8BrClOS/c16-12-4-3-9-7-11(2-1-10(9)8-12)15(18)13-5-6-14(17)19-13/h1-8H. The first-order chi connectivity index (χ1) is 9.13. The summed E-state index contributed by atoms with van der Waals surface area (Å²) in [5.41, 5.74) is 0.688. The highest BCUT2D eigenvalue weighted by Gasteiger charge is 2.12. The molecule has 0 aliphatic carbocycles. The van der Waals surface area contributed by atoms with Gasteiger partial charge in [-0.3, -0.25) is 4.79 Å². The van der Waals surface area contributed by atoms with Crippen molar-refractivity contribution in [2.45, 2.75) is 0 Å². The number of ketones is 1. The number of benzene rings is 2.